The van der Waals surface area contributed by atoms with E-state index in [9.17, 15) is 13.2 Å². The number of piperidine rings is 1. The first-order valence-electron chi connectivity index (χ1n) is 8.85. The Balaban J connectivity index is 1.92. The molecule has 0 aromatic heterocycles. The van der Waals surface area contributed by atoms with Crippen molar-refractivity contribution < 1.29 is 13.2 Å². The van der Waals surface area contributed by atoms with Crippen molar-refractivity contribution in [1.29, 1.82) is 0 Å². The Morgan fingerprint density at radius 1 is 1.16 bits per heavy atom. The highest BCUT2D eigenvalue weighted by Crippen LogP contribution is 2.36. The summed E-state index contributed by atoms with van der Waals surface area (Å²) in [5, 5.41) is 0. The number of likely N-dealkylation sites (tertiary alicyclic amines) is 1. The second kappa shape index (κ2) is 7.37. The third kappa shape index (κ3) is 3.64. The zero-order chi connectivity index (χ0) is 18.2. The zero-order valence-electron chi connectivity index (χ0n) is 14.7. The zero-order valence-corrected chi connectivity index (χ0v) is 17.1. The monoisotopic (exact) mass is 428 g/mol. The molecule has 0 bridgehead atoms. The van der Waals surface area contributed by atoms with Crippen molar-refractivity contribution in [3.8, 4) is 0 Å². The number of fused-ring (bicyclic) bond motifs is 1. The van der Waals surface area contributed by atoms with Crippen LogP contribution in [-0.4, -0.2) is 50.2 Å². The van der Waals surface area contributed by atoms with Gasteiger partial charge in [-0.05, 0) is 65.7 Å². The van der Waals surface area contributed by atoms with E-state index in [2.05, 4.69) is 15.9 Å². The number of hydrogen-bond acceptors (Lipinski definition) is 3. The Morgan fingerprint density at radius 2 is 1.84 bits per heavy atom. The Bertz CT molecular complexity index is 762. The summed E-state index contributed by atoms with van der Waals surface area (Å²) in [5.74, 6) is 0.561. The van der Waals surface area contributed by atoms with Crippen LogP contribution in [0.25, 0.3) is 0 Å². The van der Waals surface area contributed by atoms with Crippen molar-refractivity contribution >= 4 is 31.9 Å². The molecule has 1 amide bonds. The molecule has 1 aliphatic heterocycles. The van der Waals surface area contributed by atoms with Crippen LogP contribution in [0.15, 0.2) is 27.6 Å². The first-order chi connectivity index (χ1) is 11.8. The Kier molecular flexibility index (Phi) is 5.56. The van der Waals surface area contributed by atoms with E-state index in [4.69, 9.17) is 0 Å². The molecule has 0 spiro atoms. The Morgan fingerprint density at radius 3 is 2.56 bits per heavy atom. The average molecular weight is 429 g/mol. The maximum atomic E-state index is 13.1. The van der Waals surface area contributed by atoms with Crippen molar-refractivity contribution in [2.24, 2.45) is 5.92 Å². The van der Waals surface area contributed by atoms with E-state index in [0.29, 0.717) is 22.0 Å². The standard InChI is InChI=1S/C18H25BrN2O3S/c1-20(2)25(23,24)17-12-14(9-10-15(17)19)18(22)21-11-5-7-13-6-3-4-8-16(13)21/h9-10,12-13,16H,3-8,11H2,1-2H3. The number of carbonyl (C=O) groups is 1. The molecule has 1 aliphatic carbocycles. The van der Waals surface area contributed by atoms with Crippen molar-refractivity contribution in [1.82, 2.24) is 9.21 Å². The third-order valence-corrected chi connectivity index (χ3v) is 8.25. The van der Waals surface area contributed by atoms with Crippen molar-refractivity contribution in [2.45, 2.75) is 49.5 Å². The summed E-state index contributed by atoms with van der Waals surface area (Å²) in [4.78, 5) is 15.2. The van der Waals surface area contributed by atoms with E-state index in [0.717, 1.165) is 19.4 Å². The smallest absolute Gasteiger partial charge is 0.254 e. The highest BCUT2D eigenvalue weighted by Gasteiger charge is 2.36. The van der Waals surface area contributed by atoms with Gasteiger partial charge in [0.2, 0.25) is 10.0 Å². The van der Waals surface area contributed by atoms with Crippen LogP contribution >= 0.6 is 15.9 Å². The lowest BCUT2D eigenvalue weighted by molar-refractivity contribution is 0.0390. The molecule has 1 aromatic rings. The number of hydrogen-bond donors (Lipinski definition) is 0. The SMILES string of the molecule is CN(C)S(=O)(=O)c1cc(C(=O)N2CCCC3CCCCC32)ccc1Br. The first-order valence-corrected chi connectivity index (χ1v) is 11.1. The van der Waals surface area contributed by atoms with Gasteiger partial charge in [0.25, 0.3) is 5.91 Å². The number of nitrogens with zero attached hydrogens (tertiary/aromatic N) is 2. The average Bonchev–Trinajstić information content (AvgIpc) is 2.60. The summed E-state index contributed by atoms with van der Waals surface area (Å²) in [6.07, 6.45) is 6.93. The number of amides is 1. The van der Waals surface area contributed by atoms with Gasteiger partial charge in [-0.3, -0.25) is 4.79 Å². The van der Waals surface area contributed by atoms with Gasteiger partial charge in [-0.15, -0.1) is 0 Å². The van der Waals surface area contributed by atoms with Crippen molar-refractivity contribution in [2.75, 3.05) is 20.6 Å². The summed E-state index contributed by atoms with van der Waals surface area (Å²) < 4.78 is 26.7. The summed E-state index contributed by atoms with van der Waals surface area (Å²) in [6, 6.07) is 5.20. The molecule has 3 rings (SSSR count). The fourth-order valence-electron chi connectivity index (χ4n) is 4.07. The number of carbonyl (C=O) groups excluding carboxylic acids is 1. The largest absolute Gasteiger partial charge is 0.335 e. The minimum atomic E-state index is -3.60. The molecule has 0 N–H and O–H groups in total. The van der Waals surface area contributed by atoms with Crippen LogP contribution < -0.4 is 0 Å². The normalized spacial score (nSPS) is 24.2. The summed E-state index contributed by atoms with van der Waals surface area (Å²) in [5.41, 5.74) is 0.454. The van der Waals surface area contributed by atoms with Gasteiger partial charge in [-0.1, -0.05) is 12.8 Å². The number of benzene rings is 1. The van der Waals surface area contributed by atoms with Gasteiger partial charge in [0.05, 0.1) is 4.90 Å². The predicted molar refractivity (Wildman–Crippen MR) is 101 cm³/mol. The molecule has 2 unspecified atom stereocenters. The topological polar surface area (TPSA) is 57.7 Å². The van der Waals surface area contributed by atoms with E-state index in [1.54, 1.807) is 12.1 Å². The molecule has 1 aromatic carbocycles. The molecule has 2 atom stereocenters. The highest BCUT2D eigenvalue weighted by atomic mass is 79.9. The second-order valence-electron chi connectivity index (χ2n) is 7.19. The lowest BCUT2D eigenvalue weighted by Gasteiger charge is -2.44. The lowest BCUT2D eigenvalue weighted by Crippen LogP contribution is -2.49. The fourth-order valence-corrected chi connectivity index (χ4v) is 5.92. The number of halogens is 1. The fraction of sp³-hybridized carbons (Fsp3) is 0.611. The molecular formula is C18H25BrN2O3S. The summed E-state index contributed by atoms with van der Waals surface area (Å²) in [7, 11) is -0.615. The minimum absolute atomic E-state index is 0.0423. The van der Waals surface area contributed by atoms with Gasteiger partial charge < -0.3 is 4.90 Å². The molecule has 1 saturated heterocycles. The maximum absolute atomic E-state index is 13.1. The van der Waals surface area contributed by atoms with Crippen LogP contribution in [0.4, 0.5) is 0 Å². The van der Waals surface area contributed by atoms with Crippen LogP contribution in [-0.2, 0) is 10.0 Å². The van der Waals surface area contributed by atoms with Gasteiger partial charge >= 0.3 is 0 Å². The molecule has 2 aliphatic rings. The van der Waals surface area contributed by atoms with Crippen LogP contribution in [0.1, 0.15) is 48.9 Å². The molecular weight excluding hydrogens is 404 g/mol. The summed E-state index contributed by atoms with van der Waals surface area (Å²) in [6.45, 7) is 0.770. The Labute approximate surface area is 158 Å². The minimum Gasteiger partial charge on any atom is -0.335 e. The molecule has 25 heavy (non-hydrogen) atoms. The molecule has 7 heteroatoms. The number of rotatable bonds is 3. The third-order valence-electron chi connectivity index (χ3n) is 5.44. The van der Waals surface area contributed by atoms with Gasteiger partial charge in [0.15, 0.2) is 0 Å². The first kappa shape index (κ1) is 18.9. The summed E-state index contributed by atoms with van der Waals surface area (Å²) >= 11 is 3.30. The lowest BCUT2D eigenvalue weighted by atomic mass is 9.78. The Hall–Kier alpha value is -0.920. The maximum Gasteiger partial charge on any atom is 0.254 e. The van der Waals surface area contributed by atoms with E-state index in [-0.39, 0.29) is 10.8 Å². The predicted octanol–water partition coefficient (Wildman–Crippen LogP) is 3.49. The van der Waals surface area contributed by atoms with Crippen molar-refractivity contribution in [3.63, 3.8) is 0 Å². The van der Waals surface area contributed by atoms with Crippen LogP contribution in [0, 0.1) is 5.92 Å². The molecule has 5 nitrogen and oxygen atoms in total. The molecule has 1 saturated carbocycles. The van der Waals surface area contributed by atoms with E-state index >= 15 is 0 Å². The van der Waals surface area contributed by atoms with Gasteiger partial charge in [-0.25, -0.2) is 12.7 Å². The molecule has 1 heterocycles. The highest BCUT2D eigenvalue weighted by molar-refractivity contribution is 9.10. The van der Waals surface area contributed by atoms with Crippen LogP contribution in [0.5, 0.6) is 0 Å². The van der Waals surface area contributed by atoms with Gasteiger partial charge in [-0.2, -0.15) is 0 Å². The van der Waals surface area contributed by atoms with E-state index < -0.39 is 10.0 Å². The quantitative estimate of drug-likeness (QED) is 0.739. The molecule has 0 radical (unpaired) electrons. The molecule has 2 fully saturated rings. The number of sulfonamides is 1. The van der Waals surface area contributed by atoms with Gasteiger partial charge in [0.1, 0.15) is 0 Å². The second-order valence-corrected chi connectivity index (χ2v) is 10.2. The van der Waals surface area contributed by atoms with Crippen molar-refractivity contribution in [3.05, 3.63) is 28.2 Å². The van der Waals surface area contributed by atoms with E-state index in [1.165, 1.54) is 50.2 Å². The molecule has 138 valence electrons. The van der Waals surface area contributed by atoms with Crippen LogP contribution in [0.2, 0.25) is 0 Å². The van der Waals surface area contributed by atoms with Crippen LogP contribution in [0.3, 0.4) is 0 Å². The van der Waals surface area contributed by atoms with E-state index in [1.807, 2.05) is 4.90 Å². The van der Waals surface area contributed by atoms with Gasteiger partial charge in [0, 0.05) is 36.7 Å².